The highest BCUT2D eigenvalue weighted by Gasteiger charge is 2.32. The number of carbonyl (C=O) groups excluding carboxylic acids is 1. The minimum atomic E-state index is -3.49. The number of likely N-dealkylation sites (tertiary alicyclic amines) is 1. The van der Waals surface area contributed by atoms with Gasteiger partial charge in [0.15, 0.2) is 0 Å². The molecule has 0 bridgehead atoms. The van der Waals surface area contributed by atoms with Crippen LogP contribution in [0.25, 0.3) is 0 Å². The zero-order valence-electron chi connectivity index (χ0n) is 15.0. The van der Waals surface area contributed by atoms with E-state index in [1.807, 2.05) is 25.7 Å². The molecule has 0 spiro atoms. The molecule has 1 aliphatic heterocycles. The van der Waals surface area contributed by atoms with Crippen molar-refractivity contribution in [2.75, 3.05) is 26.2 Å². The van der Waals surface area contributed by atoms with Crippen LogP contribution in [0.1, 0.15) is 37.6 Å². The first-order valence-corrected chi connectivity index (χ1v) is 9.90. The molecule has 0 saturated carbocycles. The highest BCUT2D eigenvalue weighted by molar-refractivity contribution is 7.89. The topological polar surface area (TPSA) is 83.7 Å². The van der Waals surface area contributed by atoms with Gasteiger partial charge in [-0.2, -0.15) is 4.31 Å². The van der Waals surface area contributed by atoms with Crippen LogP contribution >= 0.6 is 12.4 Å². The first-order valence-electron chi connectivity index (χ1n) is 8.46. The Labute approximate surface area is 156 Å². The van der Waals surface area contributed by atoms with Crippen molar-refractivity contribution in [1.29, 1.82) is 0 Å². The molecular weight excluding hydrogens is 362 g/mol. The van der Waals surface area contributed by atoms with Gasteiger partial charge in [0.25, 0.3) is 5.91 Å². The number of sulfonamides is 1. The Hall–Kier alpha value is -1.15. The van der Waals surface area contributed by atoms with E-state index in [9.17, 15) is 13.2 Å². The van der Waals surface area contributed by atoms with Gasteiger partial charge in [0, 0.05) is 31.2 Å². The highest BCUT2D eigenvalue weighted by Crippen LogP contribution is 2.25. The number of hydrogen-bond donors (Lipinski definition) is 1. The third-order valence-electron chi connectivity index (χ3n) is 4.70. The summed E-state index contributed by atoms with van der Waals surface area (Å²) < 4.78 is 26.4. The zero-order valence-corrected chi connectivity index (χ0v) is 16.6. The average molecular weight is 390 g/mol. The predicted octanol–water partition coefficient (Wildman–Crippen LogP) is 1.95. The van der Waals surface area contributed by atoms with Gasteiger partial charge in [-0.3, -0.25) is 4.79 Å². The molecule has 0 aliphatic carbocycles. The minimum Gasteiger partial charge on any atom is -0.336 e. The lowest BCUT2D eigenvalue weighted by atomic mass is 10.1. The van der Waals surface area contributed by atoms with Crippen LogP contribution in [0.5, 0.6) is 0 Å². The van der Waals surface area contributed by atoms with Crippen LogP contribution in [-0.2, 0) is 10.0 Å². The molecule has 1 aliphatic rings. The van der Waals surface area contributed by atoms with E-state index >= 15 is 0 Å². The standard InChI is InChI=1S/C17H27N3O3S.ClH/c1-4-19(5-2)24(22,23)16-8-6-15(7-9-16)17(21)20-12-14(11-18)10-13(20)3;/h6-9,13-14H,4-5,10-12,18H2,1-3H3;1H. The van der Waals surface area contributed by atoms with Crippen molar-refractivity contribution >= 4 is 28.3 Å². The van der Waals surface area contributed by atoms with Crippen LogP contribution < -0.4 is 5.73 Å². The van der Waals surface area contributed by atoms with E-state index in [4.69, 9.17) is 5.73 Å². The fraction of sp³-hybridized carbons (Fsp3) is 0.588. The number of hydrogen-bond acceptors (Lipinski definition) is 4. The molecule has 0 aromatic heterocycles. The summed E-state index contributed by atoms with van der Waals surface area (Å²) >= 11 is 0. The van der Waals surface area contributed by atoms with E-state index in [-0.39, 0.29) is 29.3 Å². The maximum absolute atomic E-state index is 12.7. The summed E-state index contributed by atoms with van der Waals surface area (Å²) in [6.07, 6.45) is 0.913. The minimum absolute atomic E-state index is 0. The molecule has 2 rings (SSSR count). The van der Waals surface area contributed by atoms with Crippen molar-refractivity contribution in [3.8, 4) is 0 Å². The van der Waals surface area contributed by atoms with Gasteiger partial charge in [-0.15, -0.1) is 12.4 Å². The average Bonchev–Trinajstić information content (AvgIpc) is 2.96. The molecule has 0 radical (unpaired) electrons. The van der Waals surface area contributed by atoms with Crippen LogP contribution in [0.4, 0.5) is 0 Å². The van der Waals surface area contributed by atoms with E-state index in [0.29, 0.717) is 37.7 Å². The molecule has 8 heteroatoms. The van der Waals surface area contributed by atoms with E-state index in [1.54, 1.807) is 12.1 Å². The Morgan fingerprint density at radius 2 is 1.80 bits per heavy atom. The van der Waals surface area contributed by atoms with Gasteiger partial charge < -0.3 is 10.6 Å². The molecular formula is C17H28ClN3O3S. The van der Waals surface area contributed by atoms with Crippen molar-refractivity contribution in [3.63, 3.8) is 0 Å². The molecule has 142 valence electrons. The summed E-state index contributed by atoms with van der Waals surface area (Å²) in [7, 11) is -3.49. The van der Waals surface area contributed by atoms with Crippen LogP contribution in [0, 0.1) is 5.92 Å². The van der Waals surface area contributed by atoms with Crippen LogP contribution in [0.2, 0.25) is 0 Å². The van der Waals surface area contributed by atoms with Crippen molar-refractivity contribution < 1.29 is 13.2 Å². The maximum Gasteiger partial charge on any atom is 0.254 e. The quantitative estimate of drug-likeness (QED) is 0.805. The van der Waals surface area contributed by atoms with E-state index < -0.39 is 10.0 Å². The van der Waals surface area contributed by atoms with Crippen molar-refractivity contribution in [3.05, 3.63) is 29.8 Å². The van der Waals surface area contributed by atoms with Crippen LogP contribution in [0.3, 0.4) is 0 Å². The molecule has 1 aromatic carbocycles. The predicted molar refractivity (Wildman–Crippen MR) is 101 cm³/mol. The number of carbonyl (C=O) groups is 1. The summed E-state index contributed by atoms with van der Waals surface area (Å²) in [6, 6.07) is 6.39. The van der Waals surface area contributed by atoms with Gasteiger partial charge in [-0.25, -0.2) is 8.42 Å². The van der Waals surface area contributed by atoms with E-state index in [0.717, 1.165) is 6.42 Å². The smallest absolute Gasteiger partial charge is 0.254 e. The van der Waals surface area contributed by atoms with E-state index in [1.165, 1.54) is 16.4 Å². The molecule has 2 unspecified atom stereocenters. The van der Waals surface area contributed by atoms with E-state index in [2.05, 4.69) is 0 Å². The monoisotopic (exact) mass is 389 g/mol. The number of nitrogens with two attached hydrogens (primary N) is 1. The molecule has 1 fully saturated rings. The van der Waals surface area contributed by atoms with Crippen molar-refractivity contribution in [1.82, 2.24) is 9.21 Å². The second-order valence-electron chi connectivity index (χ2n) is 6.26. The fourth-order valence-electron chi connectivity index (χ4n) is 3.24. The van der Waals surface area contributed by atoms with Gasteiger partial charge >= 0.3 is 0 Å². The maximum atomic E-state index is 12.7. The summed E-state index contributed by atoms with van der Waals surface area (Å²) in [5.74, 6) is 0.275. The first kappa shape index (κ1) is 21.9. The molecule has 25 heavy (non-hydrogen) atoms. The normalized spacial score (nSPS) is 20.6. The van der Waals surface area contributed by atoms with Gasteiger partial charge in [0.1, 0.15) is 0 Å². The number of halogens is 1. The largest absolute Gasteiger partial charge is 0.336 e. The summed E-state index contributed by atoms with van der Waals surface area (Å²) in [5.41, 5.74) is 6.22. The van der Waals surface area contributed by atoms with Crippen LogP contribution in [-0.4, -0.2) is 55.8 Å². The summed E-state index contributed by atoms with van der Waals surface area (Å²) in [6.45, 7) is 7.72. The SMILES string of the molecule is CCN(CC)S(=O)(=O)c1ccc(C(=O)N2CC(CN)CC2C)cc1.Cl. The lowest BCUT2D eigenvalue weighted by molar-refractivity contribution is 0.0743. The van der Waals surface area contributed by atoms with Gasteiger partial charge in [-0.05, 0) is 50.1 Å². The summed E-state index contributed by atoms with van der Waals surface area (Å²) in [4.78, 5) is 14.7. The molecule has 1 amide bonds. The number of rotatable bonds is 6. The lowest BCUT2D eigenvalue weighted by Gasteiger charge is -2.22. The summed E-state index contributed by atoms with van der Waals surface area (Å²) in [5, 5.41) is 0. The number of amides is 1. The lowest BCUT2D eigenvalue weighted by Crippen LogP contribution is -2.34. The second kappa shape index (κ2) is 8.98. The van der Waals surface area contributed by atoms with Gasteiger partial charge in [0.05, 0.1) is 4.90 Å². The fourth-order valence-corrected chi connectivity index (χ4v) is 4.70. The van der Waals surface area contributed by atoms with Crippen LogP contribution in [0.15, 0.2) is 29.2 Å². The number of nitrogens with zero attached hydrogens (tertiary/aromatic N) is 2. The Balaban J connectivity index is 0.00000312. The molecule has 2 atom stereocenters. The first-order chi connectivity index (χ1) is 11.3. The Morgan fingerprint density at radius 3 is 2.24 bits per heavy atom. The molecule has 2 N–H and O–H groups in total. The van der Waals surface area contributed by atoms with Crippen molar-refractivity contribution in [2.45, 2.75) is 38.1 Å². The third kappa shape index (κ3) is 4.53. The van der Waals surface area contributed by atoms with Crippen molar-refractivity contribution in [2.24, 2.45) is 11.7 Å². The molecule has 1 heterocycles. The highest BCUT2D eigenvalue weighted by atomic mass is 35.5. The Kier molecular flexibility index (Phi) is 7.87. The molecule has 6 nitrogen and oxygen atoms in total. The molecule has 1 saturated heterocycles. The zero-order chi connectivity index (χ0) is 17.9. The number of benzene rings is 1. The second-order valence-corrected chi connectivity index (χ2v) is 8.20. The van der Waals surface area contributed by atoms with Gasteiger partial charge in [0.2, 0.25) is 10.0 Å². The Morgan fingerprint density at radius 1 is 1.24 bits per heavy atom. The Bertz CT molecular complexity index is 675. The third-order valence-corrected chi connectivity index (χ3v) is 6.76. The van der Waals surface area contributed by atoms with Gasteiger partial charge in [-0.1, -0.05) is 13.8 Å². The molecule has 1 aromatic rings.